The van der Waals surface area contributed by atoms with Gasteiger partial charge in [0.1, 0.15) is 5.75 Å². The molecule has 0 spiro atoms. The number of carbonyl (C=O) groups excluding carboxylic acids is 1. The zero-order chi connectivity index (χ0) is 18.4. The standard InChI is InChI=1S/C21H26ClNO2/c1-5-15-11-12-18(22)16(6-2)21(15)23-20(24)13-25-19-10-8-7-9-17(19)14(3)4/h7-12,14H,5-6,13H2,1-4H3,(H,23,24). The summed E-state index contributed by atoms with van der Waals surface area (Å²) in [6, 6.07) is 11.7. The Morgan fingerprint density at radius 1 is 1.12 bits per heavy atom. The van der Waals surface area contributed by atoms with Crippen LogP contribution in [0.4, 0.5) is 5.69 Å². The van der Waals surface area contributed by atoms with Gasteiger partial charge in [-0.3, -0.25) is 4.79 Å². The summed E-state index contributed by atoms with van der Waals surface area (Å²) in [4.78, 5) is 12.4. The minimum atomic E-state index is -0.176. The van der Waals surface area contributed by atoms with Crippen molar-refractivity contribution in [2.75, 3.05) is 11.9 Å². The van der Waals surface area contributed by atoms with Crippen LogP contribution in [0.15, 0.2) is 36.4 Å². The molecule has 0 saturated carbocycles. The predicted molar refractivity (Wildman–Crippen MR) is 105 cm³/mol. The summed E-state index contributed by atoms with van der Waals surface area (Å²) in [5.41, 5.74) is 3.97. The molecule has 0 unspecified atom stereocenters. The Kier molecular flexibility index (Phi) is 6.89. The first-order valence-corrected chi connectivity index (χ1v) is 9.17. The van der Waals surface area contributed by atoms with Gasteiger partial charge < -0.3 is 10.1 Å². The number of nitrogens with one attached hydrogen (secondary N) is 1. The first-order valence-electron chi connectivity index (χ1n) is 8.79. The average Bonchev–Trinajstić information content (AvgIpc) is 2.60. The Labute approximate surface area is 155 Å². The van der Waals surface area contributed by atoms with Crippen molar-refractivity contribution in [1.82, 2.24) is 0 Å². The maximum Gasteiger partial charge on any atom is 0.262 e. The van der Waals surface area contributed by atoms with E-state index in [9.17, 15) is 4.79 Å². The molecule has 0 atom stereocenters. The predicted octanol–water partition coefficient (Wildman–Crippen LogP) is 5.61. The lowest BCUT2D eigenvalue weighted by Gasteiger charge is -2.17. The van der Waals surface area contributed by atoms with Crippen molar-refractivity contribution >= 4 is 23.2 Å². The third-order valence-electron chi connectivity index (χ3n) is 4.24. The van der Waals surface area contributed by atoms with Gasteiger partial charge in [0.05, 0.1) is 0 Å². The van der Waals surface area contributed by atoms with Crippen molar-refractivity contribution in [3.63, 3.8) is 0 Å². The van der Waals surface area contributed by atoms with E-state index in [0.717, 1.165) is 41.0 Å². The third-order valence-corrected chi connectivity index (χ3v) is 4.59. The zero-order valence-corrected chi connectivity index (χ0v) is 16.1. The average molecular weight is 360 g/mol. The van der Waals surface area contributed by atoms with Gasteiger partial charge in [-0.05, 0) is 47.6 Å². The summed E-state index contributed by atoms with van der Waals surface area (Å²) in [7, 11) is 0. The molecule has 1 amide bonds. The van der Waals surface area contributed by atoms with Crippen LogP contribution >= 0.6 is 11.6 Å². The van der Waals surface area contributed by atoms with Crippen LogP contribution in [0.2, 0.25) is 5.02 Å². The number of para-hydroxylation sites is 1. The van der Waals surface area contributed by atoms with E-state index in [1.165, 1.54) is 0 Å². The molecular weight excluding hydrogens is 334 g/mol. The number of ether oxygens (including phenoxy) is 1. The van der Waals surface area contributed by atoms with E-state index in [1.807, 2.05) is 43.3 Å². The molecule has 134 valence electrons. The first kappa shape index (κ1) is 19.3. The summed E-state index contributed by atoms with van der Waals surface area (Å²) in [5, 5.41) is 3.67. The number of halogens is 1. The molecule has 2 rings (SSSR count). The molecule has 2 aromatic rings. The quantitative estimate of drug-likeness (QED) is 0.698. The zero-order valence-electron chi connectivity index (χ0n) is 15.4. The number of rotatable bonds is 7. The van der Waals surface area contributed by atoms with Gasteiger partial charge in [0.2, 0.25) is 0 Å². The number of carbonyl (C=O) groups is 1. The van der Waals surface area contributed by atoms with Crippen molar-refractivity contribution in [3.8, 4) is 5.75 Å². The molecule has 0 radical (unpaired) electrons. The van der Waals surface area contributed by atoms with E-state index in [-0.39, 0.29) is 12.5 Å². The Bertz CT molecular complexity index is 741. The molecule has 0 aliphatic rings. The molecule has 4 heteroatoms. The van der Waals surface area contributed by atoms with E-state index in [0.29, 0.717) is 10.9 Å². The number of amides is 1. The van der Waals surface area contributed by atoms with Gasteiger partial charge in [-0.1, -0.05) is 63.6 Å². The lowest BCUT2D eigenvalue weighted by Crippen LogP contribution is -2.22. The third kappa shape index (κ3) is 4.76. The molecule has 25 heavy (non-hydrogen) atoms. The highest BCUT2D eigenvalue weighted by molar-refractivity contribution is 6.32. The monoisotopic (exact) mass is 359 g/mol. The number of anilines is 1. The van der Waals surface area contributed by atoms with Gasteiger partial charge in [-0.25, -0.2) is 0 Å². The van der Waals surface area contributed by atoms with Gasteiger partial charge in [-0.15, -0.1) is 0 Å². The summed E-state index contributed by atoms with van der Waals surface area (Å²) >= 11 is 6.29. The van der Waals surface area contributed by atoms with Crippen molar-refractivity contribution < 1.29 is 9.53 Å². The molecule has 3 nitrogen and oxygen atoms in total. The second-order valence-electron chi connectivity index (χ2n) is 6.30. The van der Waals surface area contributed by atoms with Crippen LogP contribution in [0.5, 0.6) is 5.75 Å². The van der Waals surface area contributed by atoms with Crippen LogP contribution in [0.25, 0.3) is 0 Å². The van der Waals surface area contributed by atoms with Crippen LogP contribution in [0.3, 0.4) is 0 Å². The SMILES string of the molecule is CCc1ccc(Cl)c(CC)c1NC(=O)COc1ccccc1C(C)C. The van der Waals surface area contributed by atoms with Crippen LogP contribution in [0.1, 0.15) is 50.3 Å². The molecule has 1 N–H and O–H groups in total. The lowest BCUT2D eigenvalue weighted by molar-refractivity contribution is -0.118. The summed E-state index contributed by atoms with van der Waals surface area (Å²) in [6.45, 7) is 8.28. The molecule has 0 fully saturated rings. The number of hydrogen-bond acceptors (Lipinski definition) is 2. The van der Waals surface area contributed by atoms with E-state index >= 15 is 0 Å². The van der Waals surface area contributed by atoms with Gasteiger partial charge in [0.25, 0.3) is 5.91 Å². The van der Waals surface area contributed by atoms with Crippen LogP contribution < -0.4 is 10.1 Å². The molecule has 0 aliphatic heterocycles. The number of benzene rings is 2. The maximum atomic E-state index is 12.4. The minimum absolute atomic E-state index is 0.0252. The molecule has 0 heterocycles. The van der Waals surface area contributed by atoms with E-state index in [4.69, 9.17) is 16.3 Å². The van der Waals surface area contributed by atoms with E-state index < -0.39 is 0 Å². The summed E-state index contributed by atoms with van der Waals surface area (Å²) < 4.78 is 5.76. The number of aryl methyl sites for hydroxylation is 1. The van der Waals surface area contributed by atoms with Crippen molar-refractivity contribution in [2.45, 2.75) is 46.5 Å². The summed E-state index contributed by atoms with van der Waals surface area (Å²) in [5.74, 6) is 0.918. The molecule has 0 aromatic heterocycles. The second kappa shape index (κ2) is 8.91. The van der Waals surface area contributed by atoms with E-state index in [2.05, 4.69) is 26.1 Å². The summed E-state index contributed by atoms with van der Waals surface area (Å²) in [6.07, 6.45) is 1.59. The van der Waals surface area contributed by atoms with Crippen LogP contribution in [0, 0.1) is 0 Å². The van der Waals surface area contributed by atoms with Crippen molar-refractivity contribution in [1.29, 1.82) is 0 Å². The van der Waals surface area contributed by atoms with Crippen LogP contribution in [-0.4, -0.2) is 12.5 Å². The second-order valence-corrected chi connectivity index (χ2v) is 6.70. The normalized spacial score (nSPS) is 10.8. The Hall–Kier alpha value is -2.00. The molecule has 0 saturated heterocycles. The fourth-order valence-electron chi connectivity index (χ4n) is 2.87. The first-order chi connectivity index (χ1) is 12.0. The smallest absolute Gasteiger partial charge is 0.262 e. The highest BCUT2D eigenvalue weighted by atomic mass is 35.5. The molecular formula is C21H26ClNO2. The fraction of sp³-hybridized carbons (Fsp3) is 0.381. The van der Waals surface area contributed by atoms with Crippen LogP contribution in [-0.2, 0) is 17.6 Å². The fourth-order valence-corrected chi connectivity index (χ4v) is 3.17. The van der Waals surface area contributed by atoms with Gasteiger partial charge in [0.15, 0.2) is 6.61 Å². The van der Waals surface area contributed by atoms with Gasteiger partial charge in [-0.2, -0.15) is 0 Å². The van der Waals surface area contributed by atoms with Crippen molar-refractivity contribution in [3.05, 3.63) is 58.1 Å². The topological polar surface area (TPSA) is 38.3 Å². The molecule has 0 bridgehead atoms. The number of hydrogen-bond donors (Lipinski definition) is 1. The Balaban J connectivity index is 2.13. The largest absolute Gasteiger partial charge is 0.483 e. The van der Waals surface area contributed by atoms with Crippen molar-refractivity contribution in [2.24, 2.45) is 0 Å². The lowest BCUT2D eigenvalue weighted by atomic mass is 10.0. The highest BCUT2D eigenvalue weighted by Crippen LogP contribution is 2.30. The Morgan fingerprint density at radius 2 is 1.84 bits per heavy atom. The maximum absolute atomic E-state index is 12.4. The van der Waals surface area contributed by atoms with Gasteiger partial charge in [0, 0.05) is 10.7 Å². The molecule has 0 aliphatic carbocycles. The minimum Gasteiger partial charge on any atom is -0.483 e. The van der Waals surface area contributed by atoms with Gasteiger partial charge >= 0.3 is 0 Å². The Morgan fingerprint density at radius 3 is 2.48 bits per heavy atom. The highest BCUT2D eigenvalue weighted by Gasteiger charge is 2.14. The molecule has 2 aromatic carbocycles. The van der Waals surface area contributed by atoms with E-state index in [1.54, 1.807) is 0 Å².